The number of halogens is 2. The molecular weight excluding hydrogens is 347 g/mol. The second kappa shape index (κ2) is 6.63. The summed E-state index contributed by atoms with van der Waals surface area (Å²) in [6.45, 7) is 3.70. The summed E-state index contributed by atoms with van der Waals surface area (Å²) in [6.07, 6.45) is 3.11. The SMILES string of the molecule is Cc1ccc(Cl)cc1NC(=O)c1cnn(-c2cccnc2Cl)c1C. The maximum atomic E-state index is 12.6. The van der Waals surface area contributed by atoms with Crippen molar-refractivity contribution in [2.75, 3.05) is 5.32 Å². The summed E-state index contributed by atoms with van der Waals surface area (Å²) < 4.78 is 1.59. The summed E-state index contributed by atoms with van der Waals surface area (Å²) in [4.78, 5) is 16.6. The molecule has 3 rings (SSSR count). The summed E-state index contributed by atoms with van der Waals surface area (Å²) in [6, 6.07) is 8.89. The molecule has 0 saturated carbocycles. The summed E-state index contributed by atoms with van der Waals surface area (Å²) in [5, 5.41) is 8.00. The average molecular weight is 361 g/mol. The van der Waals surface area contributed by atoms with Gasteiger partial charge in [-0.25, -0.2) is 9.67 Å². The lowest BCUT2D eigenvalue weighted by Crippen LogP contribution is -2.14. The van der Waals surface area contributed by atoms with Crippen molar-refractivity contribution in [3.05, 3.63) is 69.7 Å². The number of nitrogens with zero attached hydrogens (tertiary/aromatic N) is 3. The van der Waals surface area contributed by atoms with E-state index in [0.29, 0.717) is 32.8 Å². The maximum Gasteiger partial charge on any atom is 0.259 e. The van der Waals surface area contributed by atoms with Crippen LogP contribution < -0.4 is 5.32 Å². The Labute approximate surface area is 149 Å². The van der Waals surface area contributed by atoms with Crippen molar-refractivity contribution in [2.24, 2.45) is 0 Å². The lowest BCUT2D eigenvalue weighted by molar-refractivity contribution is 0.102. The predicted octanol–water partition coefficient (Wildman–Crippen LogP) is 4.44. The second-order valence-corrected chi connectivity index (χ2v) is 6.08. The van der Waals surface area contributed by atoms with Crippen molar-refractivity contribution in [1.29, 1.82) is 0 Å². The van der Waals surface area contributed by atoms with E-state index in [4.69, 9.17) is 23.2 Å². The van der Waals surface area contributed by atoms with Crippen molar-refractivity contribution < 1.29 is 4.79 Å². The summed E-state index contributed by atoms with van der Waals surface area (Å²) in [5.74, 6) is -0.260. The van der Waals surface area contributed by atoms with Crippen LogP contribution in [0, 0.1) is 13.8 Å². The molecule has 0 aliphatic carbocycles. The van der Waals surface area contributed by atoms with Gasteiger partial charge in [0.2, 0.25) is 0 Å². The average Bonchev–Trinajstić information content (AvgIpc) is 2.93. The Kier molecular flexibility index (Phi) is 4.55. The van der Waals surface area contributed by atoms with Crippen LogP contribution in [0.4, 0.5) is 5.69 Å². The van der Waals surface area contributed by atoms with E-state index in [1.165, 1.54) is 6.20 Å². The Hall–Kier alpha value is -2.37. The van der Waals surface area contributed by atoms with E-state index >= 15 is 0 Å². The van der Waals surface area contributed by atoms with Crippen LogP contribution in [0.3, 0.4) is 0 Å². The van der Waals surface area contributed by atoms with Crippen LogP contribution in [0.1, 0.15) is 21.6 Å². The number of hydrogen-bond donors (Lipinski definition) is 1. The fraction of sp³-hybridized carbons (Fsp3) is 0.118. The zero-order valence-electron chi connectivity index (χ0n) is 13.0. The molecule has 0 aliphatic rings. The Morgan fingerprint density at radius 3 is 2.75 bits per heavy atom. The van der Waals surface area contributed by atoms with Crippen molar-refractivity contribution in [2.45, 2.75) is 13.8 Å². The molecule has 0 saturated heterocycles. The van der Waals surface area contributed by atoms with E-state index in [1.54, 1.807) is 42.1 Å². The Bertz CT molecular complexity index is 921. The molecular formula is C17H14Cl2N4O. The standard InChI is InChI=1S/C17H14Cl2N4O/c1-10-5-6-12(18)8-14(10)22-17(24)13-9-21-23(11(13)2)15-4-3-7-20-16(15)19/h3-9H,1-2H3,(H,22,24). The normalized spacial score (nSPS) is 10.7. The van der Waals surface area contributed by atoms with Crippen molar-refractivity contribution >= 4 is 34.8 Å². The van der Waals surface area contributed by atoms with Crippen LogP contribution >= 0.6 is 23.2 Å². The predicted molar refractivity (Wildman–Crippen MR) is 95.2 cm³/mol. The number of anilines is 1. The number of nitrogens with one attached hydrogen (secondary N) is 1. The van der Waals surface area contributed by atoms with E-state index in [2.05, 4.69) is 15.4 Å². The lowest BCUT2D eigenvalue weighted by atomic mass is 10.2. The fourth-order valence-electron chi connectivity index (χ4n) is 2.33. The molecule has 2 aromatic heterocycles. The first-order valence-electron chi connectivity index (χ1n) is 7.20. The van der Waals surface area contributed by atoms with Crippen LogP contribution in [0.15, 0.2) is 42.7 Å². The van der Waals surface area contributed by atoms with Gasteiger partial charge in [-0.2, -0.15) is 5.10 Å². The number of pyridine rings is 1. The third-order valence-corrected chi connectivity index (χ3v) is 4.20. The molecule has 0 unspecified atom stereocenters. The first-order valence-corrected chi connectivity index (χ1v) is 7.96. The van der Waals surface area contributed by atoms with E-state index in [0.717, 1.165) is 5.56 Å². The minimum atomic E-state index is -0.260. The van der Waals surface area contributed by atoms with Gasteiger partial charge in [0.25, 0.3) is 5.91 Å². The molecule has 5 nitrogen and oxygen atoms in total. The minimum absolute atomic E-state index is 0.260. The first kappa shape index (κ1) is 16.5. The van der Waals surface area contributed by atoms with Gasteiger partial charge in [-0.3, -0.25) is 4.79 Å². The molecule has 1 amide bonds. The third kappa shape index (κ3) is 3.13. The number of hydrogen-bond acceptors (Lipinski definition) is 3. The maximum absolute atomic E-state index is 12.6. The van der Waals surface area contributed by atoms with E-state index in [-0.39, 0.29) is 5.91 Å². The van der Waals surface area contributed by atoms with E-state index in [9.17, 15) is 4.79 Å². The molecule has 122 valence electrons. The number of aromatic nitrogens is 3. The van der Waals surface area contributed by atoms with Crippen molar-refractivity contribution in [3.8, 4) is 5.69 Å². The summed E-state index contributed by atoms with van der Waals surface area (Å²) in [7, 11) is 0. The monoisotopic (exact) mass is 360 g/mol. The third-order valence-electron chi connectivity index (χ3n) is 3.67. The number of carbonyl (C=O) groups is 1. The molecule has 0 aliphatic heterocycles. The van der Waals surface area contributed by atoms with E-state index < -0.39 is 0 Å². The van der Waals surface area contributed by atoms with Gasteiger partial charge in [-0.1, -0.05) is 29.3 Å². The van der Waals surface area contributed by atoms with Gasteiger partial charge < -0.3 is 5.32 Å². The Balaban J connectivity index is 1.92. The number of rotatable bonds is 3. The summed E-state index contributed by atoms with van der Waals surface area (Å²) >= 11 is 12.1. The highest BCUT2D eigenvalue weighted by molar-refractivity contribution is 6.31. The van der Waals surface area contributed by atoms with Crippen LogP contribution in [0.5, 0.6) is 0 Å². The fourth-order valence-corrected chi connectivity index (χ4v) is 2.70. The number of aryl methyl sites for hydroxylation is 1. The van der Waals surface area contributed by atoms with Gasteiger partial charge in [-0.05, 0) is 43.7 Å². The molecule has 0 atom stereocenters. The van der Waals surface area contributed by atoms with Crippen molar-refractivity contribution in [3.63, 3.8) is 0 Å². The summed E-state index contributed by atoms with van der Waals surface area (Å²) in [5.41, 5.74) is 3.33. The van der Waals surface area contributed by atoms with Crippen molar-refractivity contribution in [1.82, 2.24) is 14.8 Å². The van der Waals surface area contributed by atoms with Gasteiger partial charge in [0, 0.05) is 16.9 Å². The lowest BCUT2D eigenvalue weighted by Gasteiger charge is -2.09. The Morgan fingerprint density at radius 1 is 1.21 bits per heavy atom. The Morgan fingerprint density at radius 2 is 2.00 bits per heavy atom. The van der Waals surface area contributed by atoms with Crippen LogP contribution in [-0.2, 0) is 0 Å². The molecule has 3 aromatic rings. The molecule has 0 radical (unpaired) electrons. The molecule has 0 bridgehead atoms. The zero-order valence-corrected chi connectivity index (χ0v) is 14.6. The molecule has 24 heavy (non-hydrogen) atoms. The number of amides is 1. The van der Waals surface area contributed by atoms with Gasteiger partial charge in [0.05, 0.1) is 17.5 Å². The molecule has 0 fully saturated rings. The van der Waals surface area contributed by atoms with Gasteiger partial charge in [0.1, 0.15) is 5.69 Å². The highest BCUT2D eigenvalue weighted by Gasteiger charge is 2.17. The van der Waals surface area contributed by atoms with Crippen LogP contribution in [0.2, 0.25) is 10.2 Å². The molecule has 2 heterocycles. The quantitative estimate of drug-likeness (QED) is 0.702. The molecule has 0 spiro atoms. The molecule has 7 heteroatoms. The molecule has 1 aromatic carbocycles. The number of carbonyl (C=O) groups excluding carboxylic acids is 1. The first-order chi connectivity index (χ1) is 11.5. The number of benzene rings is 1. The highest BCUT2D eigenvalue weighted by atomic mass is 35.5. The largest absolute Gasteiger partial charge is 0.322 e. The zero-order chi connectivity index (χ0) is 17.3. The minimum Gasteiger partial charge on any atom is -0.322 e. The van der Waals surface area contributed by atoms with E-state index in [1.807, 2.05) is 13.0 Å². The topological polar surface area (TPSA) is 59.8 Å². The second-order valence-electron chi connectivity index (χ2n) is 5.28. The van der Waals surface area contributed by atoms with Crippen LogP contribution in [-0.4, -0.2) is 20.7 Å². The van der Waals surface area contributed by atoms with Gasteiger partial charge in [-0.15, -0.1) is 0 Å². The smallest absolute Gasteiger partial charge is 0.259 e. The molecule has 1 N–H and O–H groups in total. The van der Waals surface area contributed by atoms with Gasteiger partial charge in [0.15, 0.2) is 5.15 Å². The van der Waals surface area contributed by atoms with Crippen LogP contribution in [0.25, 0.3) is 5.69 Å². The highest BCUT2D eigenvalue weighted by Crippen LogP contribution is 2.23. The van der Waals surface area contributed by atoms with Gasteiger partial charge >= 0.3 is 0 Å².